The van der Waals surface area contributed by atoms with Crippen LogP contribution in [-0.4, -0.2) is 20.5 Å². The number of nitrogens with one attached hydrogen (secondary N) is 1. The van der Waals surface area contributed by atoms with Crippen molar-refractivity contribution in [3.8, 4) is 0 Å². The predicted octanol–water partition coefficient (Wildman–Crippen LogP) is 5.42. The van der Waals surface area contributed by atoms with E-state index in [4.69, 9.17) is 9.16 Å². The van der Waals surface area contributed by atoms with Crippen molar-refractivity contribution < 1.29 is 14.0 Å². The number of carbonyl (C=O) groups is 1. The third kappa shape index (κ3) is 7.18. The van der Waals surface area contributed by atoms with Gasteiger partial charge in [-0.25, -0.2) is 4.79 Å². The van der Waals surface area contributed by atoms with Crippen LogP contribution in [0.4, 0.5) is 4.79 Å². The minimum atomic E-state index is -1.73. The highest BCUT2D eigenvalue weighted by Crippen LogP contribution is 2.24. The van der Waals surface area contributed by atoms with E-state index >= 15 is 0 Å². The number of hydrogen-bond acceptors (Lipinski definition) is 3. The molecule has 0 aliphatic heterocycles. The lowest BCUT2D eigenvalue weighted by atomic mass is 10.0. The molecule has 1 aromatic carbocycles. The number of ether oxygens (including phenoxy) is 1. The molecule has 0 radical (unpaired) electrons. The molecule has 1 N–H and O–H groups in total. The molecule has 0 aliphatic carbocycles. The number of allylic oxidation sites excluding steroid dienone is 1. The zero-order valence-corrected chi connectivity index (χ0v) is 17.2. The largest absolute Gasteiger partial charge is 0.547 e. The molecule has 25 heavy (non-hydrogen) atoms. The van der Waals surface area contributed by atoms with Crippen molar-refractivity contribution in [3.63, 3.8) is 0 Å². The lowest BCUT2D eigenvalue weighted by Gasteiger charge is -2.29. The van der Waals surface area contributed by atoms with Gasteiger partial charge in [-0.15, -0.1) is 0 Å². The first kappa shape index (κ1) is 21.0. The number of alkyl carbamates (subject to hydrolysis) is 1. The summed E-state index contributed by atoms with van der Waals surface area (Å²) >= 11 is 0. The van der Waals surface area contributed by atoms with Crippen LogP contribution in [-0.2, 0) is 9.16 Å². The van der Waals surface area contributed by atoms with E-state index in [1.807, 2.05) is 57.2 Å². The first-order chi connectivity index (χ1) is 11.7. The summed E-state index contributed by atoms with van der Waals surface area (Å²) in [5.74, 6) is 0.750. The summed E-state index contributed by atoms with van der Waals surface area (Å²) in [6.45, 7) is 16.0. The predicted molar refractivity (Wildman–Crippen MR) is 106 cm³/mol. The molecule has 0 spiro atoms. The second-order valence-corrected chi connectivity index (χ2v) is 11.5. The molecule has 1 rings (SSSR count). The fourth-order valence-electron chi connectivity index (χ4n) is 2.44. The Morgan fingerprint density at radius 3 is 2.28 bits per heavy atom. The molecule has 1 amide bonds. The van der Waals surface area contributed by atoms with E-state index in [0.717, 1.165) is 11.3 Å². The molecule has 0 bridgehead atoms. The Hall–Kier alpha value is -2.01. The highest BCUT2D eigenvalue weighted by atomic mass is 28.4. The number of carbonyl (C=O) groups excluding carboxylic acids is 1. The van der Waals surface area contributed by atoms with Crippen molar-refractivity contribution in [2.24, 2.45) is 5.92 Å². The highest BCUT2D eigenvalue weighted by Gasteiger charge is 2.27. The lowest BCUT2D eigenvalue weighted by molar-refractivity contribution is 0.0896. The van der Waals surface area contributed by atoms with E-state index in [1.165, 1.54) is 0 Å². The van der Waals surface area contributed by atoms with E-state index in [1.54, 1.807) is 6.08 Å². The van der Waals surface area contributed by atoms with Gasteiger partial charge in [-0.2, -0.15) is 0 Å². The van der Waals surface area contributed by atoms with E-state index in [-0.39, 0.29) is 12.0 Å². The summed E-state index contributed by atoms with van der Waals surface area (Å²) in [5.41, 5.74) is 1.03. The van der Waals surface area contributed by atoms with E-state index in [9.17, 15) is 4.79 Å². The molecule has 0 aromatic heterocycles. The maximum absolute atomic E-state index is 12.3. The van der Waals surface area contributed by atoms with Crippen LogP contribution in [0.15, 0.2) is 54.8 Å². The zero-order valence-electron chi connectivity index (χ0n) is 16.2. The van der Waals surface area contributed by atoms with Crippen molar-refractivity contribution in [1.29, 1.82) is 0 Å². The maximum atomic E-state index is 12.3. The van der Waals surface area contributed by atoms with Gasteiger partial charge >= 0.3 is 6.09 Å². The average molecular weight is 362 g/mol. The highest BCUT2D eigenvalue weighted by molar-refractivity contribution is 6.70. The summed E-state index contributed by atoms with van der Waals surface area (Å²) < 4.78 is 11.7. The molecule has 4 nitrogen and oxygen atoms in total. The minimum absolute atomic E-state index is 0.0907. The minimum Gasteiger partial charge on any atom is -0.547 e. The third-order valence-electron chi connectivity index (χ3n) is 3.76. The first-order valence-electron chi connectivity index (χ1n) is 8.67. The fourth-order valence-corrected chi connectivity index (χ4v) is 3.45. The smallest absolute Gasteiger partial charge is 0.408 e. The van der Waals surface area contributed by atoms with Crippen LogP contribution in [0.25, 0.3) is 0 Å². The van der Waals surface area contributed by atoms with Gasteiger partial charge in [0.2, 0.25) is 8.32 Å². The standard InChI is InChI=1S/C20H31NO3Si/c1-8-18(15(3)19(9-2)24-25(5,6)7)23-20(22)21-16(4)17-13-11-10-12-14-17/h8-16,18H,1H2,2-7H3,(H,21,22)/b19-9+/t15-,16-,18-/m0/s1. The zero-order chi connectivity index (χ0) is 19.0. The molecule has 0 saturated heterocycles. The molecule has 3 atom stereocenters. The Kier molecular flexibility index (Phi) is 7.96. The molecule has 0 saturated carbocycles. The van der Waals surface area contributed by atoms with Crippen molar-refractivity contribution in [2.45, 2.75) is 52.6 Å². The van der Waals surface area contributed by atoms with Gasteiger partial charge < -0.3 is 14.5 Å². The average Bonchev–Trinajstić information content (AvgIpc) is 2.56. The van der Waals surface area contributed by atoms with Crippen molar-refractivity contribution in [1.82, 2.24) is 5.32 Å². The molecule has 0 unspecified atom stereocenters. The molecular weight excluding hydrogens is 330 g/mol. The first-order valence-corrected chi connectivity index (χ1v) is 12.1. The number of hydrogen-bond donors (Lipinski definition) is 1. The topological polar surface area (TPSA) is 47.6 Å². The van der Waals surface area contributed by atoms with Crippen LogP contribution in [0.1, 0.15) is 32.4 Å². The summed E-state index contributed by atoms with van der Waals surface area (Å²) in [7, 11) is -1.73. The normalized spacial score (nSPS) is 15.7. The van der Waals surface area contributed by atoms with Crippen molar-refractivity contribution in [2.75, 3.05) is 0 Å². The number of benzene rings is 1. The van der Waals surface area contributed by atoms with Gasteiger partial charge in [0.25, 0.3) is 0 Å². The molecule has 1 aromatic rings. The Balaban J connectivity index is 2.70. The quantitative estimate of drug-likeness (QED) is 0.382. The summed E-state index contributed by atoms with van der Waals surface area (Å²) in [4.78, 5) is 12.3. The molecule has 5 heteroatoms. The van der Waals surface area contributed by atoms with Gasteiger partial charge in [-0.3, -0.25) is 0 Å². The molecule has 0 fully saturated rings. The van der Waals surface area contributed by atoms with Crippen LogP contribution in [0.3, 0.4) is 0 Å². The maximum Gasteiger partial charge on any atom is 0.408 e. The number of amides is 1. The third-order valence-corrected chi connectivity index (χ3v) is 4.61. The van der Waals surface area contributed by atoms with E-state index in [0.29, 0.717) is 0 Å². The van der Waals surface area contributed by atoms with Gasteiger partial charge in [0, 0.05) is 0 Å². The fraction of sp³-hybridized carbons (Fsp3) is 0.450. The Morgan fingerprint density at radius 2 is 1.80 bits per heavy atom. The van der Waals surface area contributed by atoms with Crippen molar-refractivity contribution >= 4 is 14.4 Å². The summed E-state index contributed by atoms with van der Waals surface area (Å²) in [6.07, 6.45) is 2.67. The van der Waals surface area contributed by atoms with Gasteiger partial charge in [-0.1, -0.05) is 56.0 Å². The molecule has 138 valence electrons. The Bertz CT molecular complexity index is 593. The molecular formula is C20H31NO3Si. The Labute approximate surface area is 153 Å². The van der Waals surface area contributed by atoms with Gasteiger partial charge in [0.05, 0.1) is 17.7 Å². The SMILES string of the molecule is C=C[C@H](OC(=O)N[C@@H](C)c1ccccc1)[C@H](C)/C(=C\C)O[Si](C)(C)C. The van der Waals surface area contributed by atoms with Crippen LogP contribution in [0, 0.1) is 5.92 Å². The molecule has 0 aliphatic rings. The van der Waals surface area contributed by atoms with Crippen molar-refractivity contribution in [3.05, 3.63) is 60.4 Å². The summed E-state index contributed by atoms with van der Waals surface area (Å²) in [6, 6.07) is 9.64. The number of rotatable bonds is 8. The Morgan fingerprint density at radius 1 is 1.20 bits per heavy atom. The molecule has 0 heterocycles. The van der Waals surface area contributed by atoms with Crippen LogP contribution in [0.2, 0.25) is 19.6 Å². The van der Waals surface area contributed by atoms with Crippen LogP contribution >= 0.6 is 0 Å². The second-order valence-electron chi connectivity index (χ2n) is 7.08. The van der Waals surface area contributed by atoms with Crippen LogP contribution in [0.5, 0.6) is 0 Å². The van der Waals surface area contributed by atoms with Crippen LogP contribution < -0.4 is 5.32 Å². The van der Waals surface area contributed by atoms with Gasteiger partial charge in [-0.05, 0) is 39.1 Å². The lowest BCUT2D eigenvalue weighted by Crippen LogP contribution is -2.35. The van der Waals surface area contributed by atoms with E-state index < -0.39 is 20.5 Å². The van der Waals surface area contributed by atoms with E-state index in [2.05, 4.69) is 31.5 Å². The second kappa shape index (κ2) is 9.46. The monoisotopic (exact) mass is 361 g/mol. The van der Waals surface area contributed by atoms with Gasteiger partial charge in [0.15, 0.2) is 0 Å². The summed E-state index contributed by atoms with van der Waals surface area (Å²) in [5, 5.41) is 2.86. The van der Waals surface area contributed by atoms with Gasteiger partial charge in [0.1, 0.15) is 6.10 Å².